The Labute approximate surface area is 152 Å². The SMILES string of the molecule is CCN(CC)C(=O)C(c1ccccc1)N1C=NC2NNC(=O)C2C1=S. The summed E-state index contributed by atoms with van der Waals surface area (Å²) in [4.78, 5) is 33.4. The summed E-state index contributed by atoms with van der Waals surface area (Å²) >= 11 is 5.56. The van der Waals surface area contributed by atoms with E-state index in [2.05, 4.69) is 15.8 Å². The van der Waals surface area contributed by atoms with Gasteiger partial charge in [0, 0.05) is 13.1 Å². The lowest BCUT2D eigenvalue weighted by Crippen LogP contribution is -2.51. The summed E-state index contributed by atoms with van der Waals surface area (Å²) in [5.41, 5.74) is 6.18. The highest BCUT2D eigenvalue weighted by Gasteiger charge is 2.45. The van der Waals surface area contributed by atoms with E-state index in [-0.39, 0.29) is 11.8 Å². The van der Waals surface area contributed by atoms with Gasteiger partial charge in [-0.25, -0.2) is 5.43 Å². The minimum atomic E-state index is -0.633. The molecule has 7 nitrogen and oxygen atoms in total. The Hall–Kier alpha value is -2.32. The number of nitrogens with zero attached hydrogens (tertiary/aromatic N) is 3. The molecule has 132 valence electrons. The van der Waals surface area contributed by atoms with Crippen LogP contribution in [-0.2, 0) is 9.59 Å². The number of fused-ring (bicyclic) bond motifs is 1. The van der Waals surface area contributed by atoms with Crippen molar-refractivity contribution in [3.63, 3.8) is 0 Å². The van der Waals surface area contributed by atoms with Crippen LogP contribution in [0, 0.1) is 5.92 Å². The van der Waals surface area contributed by atoms with Gasteiger partial charge >= 0.3 is 0 Å². The molecule has 0 spiro atoms. The smallest absolute Gasteiger partial charge is 0.250 e. The Balaban J connectivity index is 2.00. The average molecular weight is 359 g/mol. The molecule has 3 rings (SSSR count). The summed E-state index contributed by atoms with van der Waals surface area (Å²) in [7, 11) is 0. The van der Waals surface area contributed by atoms with Crippen molar-refractivity contribution in [1.29, 1.82) is 0 Å². The maximum atomic E-state index is 13.2. The number of hydrazine groups is 1. The number of hydrogen-bond donors (Lipinski definition) is 2. The lowest BCUT2D eigenvalue weighted by molar-refractivity contribution is -0.134. The molecule has 8 heteroatoms. The molecule has 0 radical (unpaired) electrons. The maximum absolute atomic E-state index is 13.2. The standard InChI is InChI=1S/C17H21N5O2S/c1-3-21(4-2)16(24)13(11-8-6-5-7-9-11)22-10-18-14-12(17(22)25)15(23)20-19-14/h5-10,12-14,19H,3-4H2,1-2H3,(H,20,23). The summed E-state index contributed by atoms with van der Waals surface area (Å²) in [5, 5.41) is 0. The Bertz CT molecular complexity index is 704. The molecule has 3 unspecified atom stereocenters. The molecular formula is C17H21N5O2S. The summed E-state index contributed by atoms with van der Waals surface area (Å²) in [6.45, 7) is 5.09. The third kappa shape index (κ3) is 3.14. The molecule has 25 heavy (non-hydrogen) atoms. The van der Waals surface area contributed by atoms with Gasteiger partial charge in [-0.3, -0.25) is 20.0 Å². The number of thiocarbonyl (C=S) groups is 1. The third-order valence-corrected chi connectivity index (χ3v) is 4.98. The van der Waals surface area contributed by atoms with Gasteiger partial charge in [-0.05, 0) is 19.4 Å². The molecular weight excluding hydrogens is 338 g/mol. The second-order valence-corrected chi connectivity index (χ2v) is 6.31. The number of likely N-dealkylation sites (N-methyl/N-ethyl adjacent to an activating group) is 1. The number of rotatable bonds is 5. The Morgan fingerprint density at radius 3 is 2.64 bits per heavy atom. The average Bonchev–Trinajstić information content (AvgIpc) is 3.01. The molecule has 2 heterocycles. The van der Waals surface area contributed by atoms with E-state index >= 15 is 0 Å². The van der Waals surface area contributed by atoms with Gasteiger partial charge in [0.2, 0.25) is 11.8 Å². The zero-order valence-electron chi connectivity index (χ0n) is 14.2. The van der Waals surface area contributed by atoms with E-state index in [9.17, 15) is 9.59 Å². The Morgan fingerprint density at radius 1 is 1.32 bits per heavy atom. The van der Waals surface area contributed by atoms with Crippen molar-refractivity contribution in [2.45, 2.75) is 26.1 Å². The van der Waals surface area contributed by atoms with Gasteiger partial charge in [0.05, 0.1) is 6.34 Å². The van der Waals surface area contributed by atoms with Crippen molar-refractivity contribution in [3.8, 4) is 0 Å². The van der Waals surface area contributed by atoms with E-state index in [1.807, 2.05) is 44.2 Å². The first-order valence-electron chi connectivity index (χ1n) is 8.33. The second kappa shape index (κ2) is 7.28. The minimum absolute atomic E-state index is 0.0604. The van der Waals surface area contributed by atoms with Gasteiger partial charge in [-0.2, -0.15) is 0 Å². The third-order valence-electron chi connectivity index (χ3n) is 4.52. The van der Waals surface area contributed by atoms with Crippen molar-refractivity contribution in [2.24, 2.45) is 10.9 Å². The fourth-order valence-corrected chi connectivity index (χ4v) is 3.53. The molecule has 0 bridgehead atoms. The Kier molecular flexibility index (Phi) is 5.10. The molecule has 2 N–H and O–H groups in total. The van der Waals surface area contributed by atoms with Crippen LogP contribution in [0.5, 0.6) is 0 Å². The van der Waals surface area contributed by atoms with Gasteiger partial charge in [0.15, 0.2) is 0 Å². The van der Waals surface area contributed by atoms with Crippen LogP contribution < -0.4 is 10.9 Å². The van der Waals surface area contributed by atoms with Gasteiger partial charge in [0.25, 0.3) is 0 Å². The molecule has 0 aromatic heterocycles. The molecule has 3 atom stereocenters. The lowest BCUT2D eigenvalue weighted by Gasteiger charge is -2.37. The van der Waals surface area contributed by atoms with Crippen LogP contribution in [0.15, 0.2) is 35.3 Å². The monoisotopic (exact) mass is 359 g/mol. The maximum Gasteiger partial charge on any atom is 0.250 e. The number of amides is 2. The number of benzene rings is 1. The molecule has 1 aromatic rings. The van der Waals surface area contributed by atoms with Crippen LogP contribution in [0.4, 0.5) is 0 Å². The largest absolute Gasteiger partial charge is 0.341 e. The first-order valence-corrected chi connectivity index (χ1v) is 8.73. The molecule has 1 aromatic carbocycles. The predicted octanol–water partition coefficient (Wildman–Crippen LogP) is 0.844. The number of nitrogens with one attached hydrogen (secondary N) is 2. The normalized spacial score (nSPS) is 23.2. The highest BCUT2D eigenvalue weighted by Crippen LogP contribution is 2.29. The van der Waals surface area contributed by atoms with Gasteiger partial charge in [-0.1, -0.05) is 42.5 Å². The molecule has 0 saturated carbocycles. The molecule has 2 aliphatic rings. The van der Waals surface area contributed by atoms with Crippen LogP contribution in [0.1, 0.15) is 25.5 Å². The summed E-state index contributed by atoms with van der Waals surface area (Å²) in [5.74, 6) is -0.871. The van der Waals surface area contributed by atoms with Crippen molar-refractivity contribution >= 4 is 35.4 Å². The number of hydrogen-bond acceptors (Lipinski definition) is 5. The highest BCUT2D eigenvalue weighted by molar-refractivity contribution is 7.80. The quantitative estimate of drug-likeness (QED) is 0.762. The van der Waals surface area contributed by atoms with Crippen LogP contribution in [-0.4, -0.2) is 52.2 Å². The molecule has 2 aliphatic heterocycles. The van der Waals surface area contributed by atoms with Gasteiger partial charge in [0.1, 0.15) is 23.1 Å². The van der Waals surface area contributed by atoms with Gasteiger partial charge in [-0.15, -0.1) is 0 Å². The first-order chi connectivity index (χ1) is 12.1. The van der Waals surface area contributed by atoms with Crippen LogP contribution >= 0.6 is 12.2 Å². The number of aliphatic imine (C=N–C) groups is 1. The fourth-order valence-electron chi connectivity index (χ4n) is 3.14. The van der Waals surface area contributed by atoms with E-state index < -0.39 is 18.1 Å². The summed E-state index contributed by atoms with van der Waals surface area (Å²) in [6, 6.07) is 8.81. The zero-order valence-corrected chi connectivity index (χ0v) is 15.0. The lowest BCUT2D eigenvalue weighted by atomic mass is 9.99. The van der Waals surface area contributed by atoms with Crippen molar-refractivity contribution in [2.75, 3.05) is 13.1 Å². The minimum Gasteiger partial charge on any atom is -0.341 e. The zero-order chi connectivity index (χ0) is 18.0. The summed E-state index contributed by atoms with van der Waals surface area (Å²) < 4.78 is 0. The second-order valence-electron chi connectivity index (χ2n) is 5.89. The van der Waals surface area contributed by atoms with E-state index in [0.29, 0.717) is 18.1 Å². The molecule has 1 saturated heterocycles. The van der Waals surface area contributed by atoms with Crippen molar-refractivity contribution in [3.05, 3.63) is 35.9 Å². The predicted molar refractivity (Wildman–Crippen MR) is 98.6 cm³/mol. The number of carbonyl (C=O) groups is 2. The molecule has 1 fully saturated rings. The van der Waals surface area contributed by atoms with Crippen LogP contribution in [0.2, 0.25) is 0 Å². The summed E-state index contributed by atoms with van der Waals surface area (Å²) in [6.07, 6.45) is 1.15. The van der Waals surface area contributed by atoms with Gasteiger partial charge < -0.3 is 9.80 Å². The first kappa shape index (κ1) is 17.5. The van der Waals surface area contributed by atoms with E-state index in [1.165, 1.54) is 0 Å². The van der Waals surface area contributed by atoms with Crippen LogP contribution in [0.3, 0.4) is 0 Å². The number of carbonyl (C=O) groups excluding carboxylic acids is 2. The van der Waals surface area contributed by atoms with Crippen LogP contribution in [0.25, 0.3) is 0 Å². The Morgan fingerprint density at radius 2 is 2.00 bits per heavy atom. The molecule has 2 amide bonds. The van der Waals surface area contributed by atoms with E-state index in [0.717, 1.165) is 5.56 Å². The molecule has 0 aliphatic carbocycles. The topological polar surface area (TPSA) is 77.0 Å². The van der Waals surface area contributed by atoms with E-state index in [1.54, 1.807) is 16.1 Å². The van der Waals surface area contributed by atoms with Crippen molar-refractivity contribution < 1.29 is 9.59 Å². The fraction of sp³-hybridized carbons (Fsp3) is 0.412. The van der Waals surface area contributed by atoms with Crippen molar-refractivity contribution in [1.82, 2.24) is 20.7 Å². The highest BCUT2D eigenvalue weighted by atomic mass is 32.1. The van der Waals surface area contributed by atoms with E-state index in [4.69, 9.17) is 12.2 Å².